The summed E-state index contributed by atoms with van der Waals surface area (Å²) >= 11 is 0. The highest BCUT2D eigenvalue weighted by Crippen LogP contribution is 2.23. The molecular formula is C23H25N5O2. The summed E-state index contributed by atoms with van der Waals surface area (Å²) in [5, 5.41) is 7.27. The number of amides is 2. The van der Waals surface area contributed by atoms with E-state index in [4.69, 9.17) is 0 Å². The highest BCUT2D eigenvalue weighted by molar-refractivity contribution is 5.89. The Balaban J connectivity index is 1.42. The first-order valence-electron chi connectivity index (χ1n) is 10.1. The Kier molecular flexibility index (Phi) is 5.88. The van der Waals surface area contributed by atoms with Gasteiger partial charge in [0.1, 0.15) is 12.7 Å². The normalized spacial score (nSPS) is 17.2. The molecule has 0 spiro atoms. The number of hydrogen-bond donors (Lipinski definition) is 1. The van der Waals surface area contributed by atoms with E-state index in [2.05, 4.69) is 15.4 Å². The topological polar surface area (TPSA) is 80.1 Å². The van der Waals surface area contributed by atoms with Crippen LogP contribution in [0.15, 0.2) is 67.3 Å². The molecule has 0 aliphatic carbocycles. The number of rotatable bonds is 7. The molecule has 4 rings (SSSR count). The maximum atomic E-state index is 13.0. The Morgan fingerprint density at radius 3 is 2.63 bits per heavy atom. The fourth-order valence-corrected chi connectivity index (χ4v) is 3.74. The van der Waals surface area contributed by atoms with Gasteiger partial charge in [0.15, 0.2) is 0 Å². The number of aryl methyl sites for hydroxylation is 1. The van der Waals surface area contributed by atoms with E-state index in [1.54, 1.807) is 15.9 Å². The number of aromatic nitrogens is 3. The molecule has 154 valence electrons. The molecule has 0 saturated carbocycles. The molecule has 2 atom stereocenters. The van der Waals surface area contributed by atoms with Crippen molar-refractivity contribution in [3.8, 4) is 0 Å². The van der Waals surface area contributed by atoms with Gasteiger partial charge in [-0.2, -0.15) is 5.10 Å². The fraction of sp³-hybridized carbons (Fsp3) is 0.304. The summed E-state index contributed by atoms with van der Waals surface area (Å²) in [6, 6.07) is 17.7. The minimum Gasteiger partial charge on any atom is -0.347 e. The lowest BCUT2D eigenvalue weighted by Gasteiger charge is -2.21. The summed E-state index contributed by atoms with van der Waals surface area (Å²) in [5.41, 5.74) is 3.24. The molecule has 1 fully saturated rings. The molecule has 0 radical (unpaired) electrons. The van der Waals surface area contributed by atoms with Gasteiger partial charge in [-0.25, -0.2) is 4.98 Å². The highest BCUT2D eigenvalue weighted by atomic mass is 16.2. The van der Waals surface area contributed by atoms with E-state index in [0.29, 0.717) is 19.6 Å². The maximum Gasteiger partial charge on any atom is 0.225 e. The SMILES string of the molecule is Cc1ccc(CN2CC(C(=O)NC(Cn3cncn3)c3ccccc3)CC2=O)cc1. The Bertz CT molecular complexity index is 986. The van der Waals surface area contributed by atoms with Crippen LogP contribution in [0.3, 0.4) is 0 Å². The van der Waals surface area contributed by atoms with Crippen LogP contribution in [-0.4, -0.2) is 38.0 Å². The lowest BCUT2D eigenvalue weighted by molar-refractivity contribution is -0.129. The molecule has 3 aromatic rings. The number of carbonyl (C=O) groups excluding carboxylic acids is 2. The monoisotopic (exact) mass is 403 g/mol. The van der Waals surface area contributed by atoms with Crippen molar-refractivity contribution in [2.24, 2.45) is 5.92 Å². The molecule has 0 bridgehead atoms. The summed E-state index contributed by atoms with van der Waals surface area (Å²) in [4.78, 5) is 31.3. The van der Waals surface area contributed by atoms with Crippen LogP contribution in [0.4, 0.5) is 0 Å². The van der Waals surface area contributed by atoms with Gasteiger partial charge >= 0.3 is 0 Å². The third kappa shape index (κ3) is 4.74. The molecule has 1 aliphatic heterocycles. The van der Waals surface area contributed by atoms with E-state index in [-0.39, 0.29) is 30.2 Å². The van der Waals surface area contributed by atoms with Gasteiger partial charge in [0.25, 0.3) is 0 Å². The number of nitrogens with zero attached hydrogens (tertiary/aromatic N) is 4. The van der Waals surface area contributed by atoms with Crippen molar-refractivity contribution in [1.82, 2.24) is 25.0 Å². The molecule has 1 saturated heterocycles. The fourth-order valence-electron chi connectivity index (χ4n) is 3.74. The van der Waals surface area contributed by atoms with Gasteiger partial charge in [0.2, 0.25) is 11.8 Å². The van der Waals surface area contributed by atoms with Crippen LogP contribution >= 0.6 is 0 Å². The molecular weight excluding hydrogens is 378 g/mol. The molecule has 7 heteroatoms. The van der Waals surface area contributed by atoms with Crippen LogP contribution in [0, 0.1) is 12.8 Å². The zero-order chi connectivity index (χ0) is 20.9. The van der Waals surface area contributed by atoms with Gasteiger partial charge < -0.3 is 10.2 Å². The number of benzene rings is 2. The molecule has 30 heavy (non-hydrogen) atoms. The quantitative estimate of drug-likeness (QED) is 0.657. The van der Waals surface area contributed by atoms with E-state index in [1.165, 1.54) is 11.9 Å². The van der Waals surface area contributed by atoms with Crippen molar-refractivity contribution in [3.05, 3.63) is 83.9 Å². The van der Waals surface area contributed by atoms with Crippen LogP contribution in [0.25, 0.3) is 0 Å². The van der Waals surface area contributed by atoms with E-state index in [0.717, 1.165) is 11.1 Å². The van der Waals surface area contributed by atoms with Crippen molar-refractivity contribution in [1.29, 1.82) is 0 Å². The molecule has 2 aromatic carbocycles. The van der Waals surface area contributed by atoms with Gasteiger partial charge in [-0.15, -0.1) is 0 Å². The average Bonchev–Trinajstić information content (AvgIpc) is 3.40. The first-order chi connectivity index (χ1) is 14.6. The number of nitrogens with one attached hydrogen (secondary N) is 1. The summed E-state index contributed by atoms with van der Waals surface area (Å²) in [7, 11) is 0. The van der Waals surface area contributed by atoms with Crippen LogP contribution < -0.4 is 5.32 Å². The average molecular weight is 403 g/mol. The Hall–Kier alpha value is -3.48. The lowest BCUT2D eigenvalue weighted by Crippen LogP contribution is -2.37. The highest BCUT2D eigenvalue weighted by Gasteiger charge is 2.35. The van der Waals surface area contributed by atoms with E-state index < -0.39 is 0 Å². The van der Waals surface area contributed by atoms with E-state index >= 15 is 0 Å². The van der Waals surface area contributed by atoms with Gasteiger partial charge in [-0.05, 0) is 18.1 Å². The van der Waals surface area contributed by atoms with Crippen LogP contribution in [0.1, 0.15) is 29.2 Å². The van der Waals surface area contributed by atoms with Crippen molar-refractivity contribution in [3.63, 3.8) is 0 Å². The molecule has 2 heterocycles. The second-order valence-electron chi connectivity index (χ2n) is 7.75. The van der Waals surface area contributed by atoms with E-state index in [1.807, 2.05) is 61.5 Å². The lowest BCUT2D eigenvalue weighted by atomic mass is 10.0. The van der Waals surface area contributed by atoms with Gasteiger partial charge in [0, 0.05) is 19.5 Å². The Morgan fingerprint density at radius 2 is 1.93 bits per heavy atom. The largest absolute Gasteiger partial charge is 0.347 e. The summed E-state index contributed by atoms with van der Waals surface area (Å²) in [6.07, 6.45) is 3.34. The number of hydrogen-bond acceptors (Lipinski definition) is 4. The second kappa shape index (κ2) is 8.90. The number of likely N-dealkylation sites (tertiary alicyclic amines) is 1. The summed E-state index contributed by atoms with van der Waals surface area (Å²) in [6.45, 7) is 3.48. The zero-order valence-corrected chi connectivity index (χ0v) is 16.9. The van der Waals surface area contributed by atoms with Crippen molar-refractivity contribution in [2.45, 2.75) is 32.5 Å². The second-order valence-corrected chi connectivity index (χ2v) is 7.75. The molecule has 1 aromatic heterocycles. The molecule has 2 unspecified atom stereocenters. The first-order valence-corrected chi connectivity index (χ1v) is 10.1. The molecule has 2 amide bonds. The van der Waals surface area contributed by atoms with E-state index in [9.17, 15) is 9.59 Å². The third-order valence-corrected chi connectivity index (χ3v) is 5.43. The van der Waals surface area contributed by atoms with Gasteiger partial charge in [-0.3, -0.25) is 14.3 Å². The van der Waals surface area contributed by atoms with Crippen molar-refractivity contribution < 1.29 is 9.59 Å². The standard InChI is InChI=1S/C23H25N5O2/c1-17-7-9-18(10-8-17)12-27-13-20(11-22(27)29)23(30)26-21(14-28-16-24-15-25-28)19-5-3-2-4-6-19/h2-10,15-16,20-21H,11-14H2,1H3,(H,26,30). The predicted molar refractivity (Wildman–Crippen MR) is 112 cm³/mol. The minimum absolute atomic E-state index is 0.0169. The smallest absolute Gasteiger partial charge is 0.225 e. The maximum absolute atomic E-state index is 13.0. The molecule has 1 aliphatic rings. The van der Waals surface area contributed by atoms with Gasteiger partial charge in [-0.1, -0.05) is 60.2 Å². The van der Waals surface area contributed by atoms with Crippen LogP contribution in [-0.2, 0) is 22.7 Å². The third-order valence-electron chi connectivity index (χ3n) is 5.43. The van der Waals surface area contributed by atoms with Crippen molar-refractivity contribution in [2.75, 3.05) is 6.54 Å². The van der Waals surface area contributed by atoms with Crippen molar-refractivity contribution >= 4 is 11.8 Å². The van der Waals surface area contributed by atoms with Gasteiger partial charge in [0.05, 0.1) is 18.5 Å². The number of carbonyl (C=O) groups is 2. The summed E-state index contributed by atoms with van der Waals surface area (Å²) in [5.74, 6) is -0.447. The van der Waals surface area contributed by atoms with Crippen LogP contribution in [0.2, 0.25) is 0 Å². The Labute approximate surface area is 175 Å². The predicted octanol–water partition coefficient (Wildman–Crippen LogP) is 2.49. The van der Waals surface area contributed by atoms with Crippen LogP contribution in [0.5, 0.6) is 0 Å². The first kappa shape index (κ1) is 19.8. The zero-order valence-electron chi connectivity index (χ0n) is 16.9. The minimum atomic E-state index is -0.357. The summed E-state index contributed by atoms with van der Waals surface area (Å²) < 4.78 is 1.70. The molecule has 7 nitrogen and oxygen atoms in total. The Morgan fingerprint density at radius 1 is 1.17 bits per heavy atom. The molecule has 1 N–H and O–H groups in total.